The fraction of sp³-hybridized carbons (Fsp3) is 0.406. The van der Waals surface area contributed by atoms with Crippen molar-refractivity contribution in [3.8, 4) is 35.4 Å². The average molecular weight is 572 g/mol. The van der Waals surface area contributed by atoms with Gasteiger partial charge in [0.25, 0.3) is 0 Å². The van der Waals surface area contributed by atoms with Crippen molar-refractivity contribution in [3.63, 3.8) is 0 Å². The van der Waals surface area contributed by atoms with Crippen molar-refractivity contribution in [1.82, 2.24) is 19.9 Å². The largest absolute Gasteiger partial charge is 0.508 e. The lowest BCUT2D eigenvalue weighted by Gasteiger charge is -2.29. The number of nitrogens with zero attached hydrogens (tertiary/aromatic N) is 5. The van der Waals surface area contributed by atoms with E-state index in [9.17, 15) is 9.50 Å². The van der Waals surface area contributed by atoms with Crippen molar-refractivity contribution in [1.29, 1.82) is 0 Å². The molecule has 3 aliphatic rings. The number of fused-ring (bicyclic) bond motifs is 2. The highest BCUT2D eigenvalue weighted by atomic mass is 19.1. The maximum absolute atomic E-state index is 16.5. The Kier molecular flexibility index (Phi) is 6.79. The summed E-state index contributed by atoms with van der Waals surface area (Å²) in [6.45, 7) is 5.87. The van der Waals surface area contributed by atoms with Crippen molar-refractivity contribution in [2.45, 2.75) is 25.7 Å². The summed E-state index contributed by atoms with van der Waals surface area (Å²) in [5, 5.41) is 11.6. The van der Waals surface area contributed by atoms with Gasteiger partial charge in [-0.1, -0.05) is 12.0 Å². The van der Waals surface area contributed by atoms with Gasteiger partial charge in [0.1, 0.15) is 28.6 Å². The van der Waals surface area contributed by atoms with Crippen LogP contribution in [0.3, 0.4) is 0 Å². The topological polar surface area (TPSA) is 83.8 Å². The number of benzene rings is 2. The van der Waals surface area contributed by atoms with Gasteiger partial charge in [-0.3, -0.25) is 4.98 Å². The number of likely N-dealkylation sites (tertiary alicyclic amines) is 1. The predicted octanol–water partition coefficient (Wildman–Crippen LogP) is 4.90. The second-order valence-electron chi connectivity index (χ2n) is 11.5. The molecule has 0 spiro atoms. The number of terminal acetylenes is 1. The lowest BCUT2D eigenvalue weighted by atomic mass is 9.96. The van der Waals surface area contributed by atoms with E-state index < -0.39 is 11.6 Å². The van der Waals surface area contributed by atoms with Crippen LogP contribution in [0.25, 0.3) is 32.9 Å². The molecular formula is C32H31F2N5O3. The molecule has 42 heavy (non-hydrogen) atoms. The number of halogens is 2. The van der Waals surface area contributed by atoms with Crippen molar-refractivity contribution >= 4 is 27.5 Å². The smallest absolute Gasteiger partial charge is 0.319 e. The Labute approximate surface area is 242 Å². The molecule has 3 fully saturated rings. The van der Waals surface area contributed by atoms with Gasteiger partial charge in [-0.05, 0) is 62.4 Å². The van der Waals surface area contributed by atoms with Crippen LogP contribution in [0.15, 0.2) is 30.5 Å². The summed E-state index contributed by atoms with van der Waals surface area (Å²) in [5.41, 5.74) is 0.146. The van der Waals surface area contributed by atoms with Gasteiger partial charge in [-0.15, -0.1) is 6.42 Å². The zero-order chi connectivity index (χ0) is 28.8. The van der Waals surface area contributed by atoms with Gasteiger partial charge in [0.15, 0.2) is 5.82 Å². The Morgan fingerprint density at radius 3 is 2.60 bits per heavy atom. The number of morpholine rings is 1. The number of anilines is 1. The Balaban J connectivity index is 1.33. The molecule has 0 atom stereocenters. The molecule has 10 heteroatoms. The van der Waals surface area contributed by atoms with Gasteiger partial charge in [-0.25, -0.2) is 8.78 Å². The lowest BCUT2D eigenvalue weighted by molar-refractivity contribution is 0.122. The van der Waals surface area contributed by atoms with E-state index in [4.69, 9.17) is 20.9 Å². The van der Waals surface area contributed by atoms with Gasteiger partial charge in [0.2, 0.25) is 0 Å². The second-order valence-corrected chi connectivity index (χ2v) is 11.5. The minimum atomic E-state index is -0.730. The molecule has 216 valence electrons. The van der Waals surface area contributed by atoms with E-state index in [0.29, 0.717) is 49.5 Å². The number of phenols is 1. The maximum Gasteiger partial charge on any atom is 0.319 e. The molecule has 2 aromatic carbocycles. The van der Waals surface area contributed by atoms with E-state index >= 15 is 4.39 Å². The SMILES string of the molecule is C#Cc1c(F)ccc2cc(O)cc(-c3ncc4c(N5CCOCC5)nc(OCC5(CN6CCCC6)CC5)nc4c3F)c12. The Morgan fingerprint density at radius 1 is 1.07 bits per heavy atom. The first-order valence-electron chi connectivity index (χ1n) is 14.4. The van der Waals surface area contributed by atoms with E-state index in [1.54, 1.807) is 0 Å². The molecule has 7 rings (SSSR count). The third kappa shape index (κ3) is 4.86. The molecule has 0 unspecified atom stereocenters. The highest BCUT2D eigenvalue weighted by Crippen LogP contribution is 2.47. The first kappa shape index (κ1) is 26.8. The molecule has 2 aromatic heterocycles. The molecule has 0 bridgehead atoms. The summed E-state index contributed by atoms with van der Waals surface area (Å²) >= 11 is 0. The number of hydrogen-bond donors (Lipinski definition) is 1. The van der Waals surface area contributed by atoms with E-state index in [2.05, 4.69) is 20.8 Å². The third-order valence-corrected chi connectivity index (χ3v) is 8.63. The van der Waals surface area contributed by atoms with E-state index in [1.807, 2.05) is 4.90 Å². The van der Waals surface area contributed by atoms with Crippen molar-refractivity contribution < 1.29 is 23.4 Å². The fourth-order valence-electron chi connectivity index (χ4n) is 6.20. The van der Waals surface area contributed by atoms with E-state index in [-0.39, 0.29) is 44.9 Å². The molecule has 8 nitrogen and oxygen atoms in total. The van der Waals surface area contributed by atoms with Crippen molar-refractivity contribution in [2.24, 2.45) is 5.41 Å². The van der Waals surface area contributed by atoms with Crippen LogP contribution in [0.5, 0.6) is 11.8 Å². The molecule has 2 saturated heterocycles. The minimum Gasteiger partial charge on any atom is -0.508 e. The number of aromatic nitrogens is 3. The highest BCUT2D eigenvalue weighted by molar-refractivity contribution is 6.03. The predicted molar refractivity (Wildman–Crippen MR) is 156 cm³/mol. The molecule has 0 radical (unpaired) electrons. The summed E-state index contributed by atoms with van der Waals surface area (Å²) in [7, 11) is 0. The standard InChI is InChI=1S/C32H31F2N5O3/c1-2-22-25(33)6-5-20-15-21(40)16-23(26(20)22)28-27(34)29-24(17-35-28)30(39-11-13-41-14-12-39)37-31(36-29)42-19-32(7-8-32)18-38-9-3-4-10-38/h1,5-6,15-17,40H,3-4,7-14,18-19H2. The van der Waals surface area contributed by atoms with Gasteiger partial charge < -0.3 is 24.4 Å². The number of ether oxygens (including phenoxy) is 2. The first-order chi connectivity index (χ1) is 20.4. The number of aromatic hydroxyl groups is 1. The van der Waals surface area contributed by atoms with Crippen molar-refractivity contribution in [3.05, 3.63) is 47.7 Å². The fourth-order valence-corrected chi connectivity index (χ4v) is 6.20. The molecule has 4 heterocycles. The highest BCUT2D eigenvalue weighted by Gasteiger charge is 2.45. The number of hydrogen-bond acceptors (Lipinski definition) is 8. The van der Waals surface area contributed by atoms with Crippen LogP contribution >= 0.6 is 0 Å². The molecule has 4 aromatic rings. The maximum atomic E-state index is 16.5. The van der Waals surface area contributed by atoms with Gasteiger partial charge in [0, 0.05) is 42.2 Å². The average Bonchev–Trinajstić information content (AvgIpc) is 3.57. The summed E-state index contributed by atoms with van der Waals surface area (Å²) < 4.78 is 43.0. The summed E-state index contributed by atoms with van der Waals surface area (Å²) in [6.07, 6.45) is 11.8. The summed E-state index contributed by atoms with van der Waals surface area (Å²) in [5.74, 6) is 1.43. The molecule has 2 aliphatic heterocycles. The Bertz CT molecular complexity index is 1720. The zero-order valence-corrected chi connectivity index (χ0v) is 23.2. The molecular weight excluding hydrogens is 540 g/mol. The normalized spacial score (nSPS) is 18.5. The van der Waals surface area contributed by atoms with Gasteiger partial charge in [-0.2, -0.15) is 9.97 Å². The molecule has 0 amide bonds. The second kappa shape index (κ2) is 10.6. The zero-order valence-electron chi connectivity index (χ0n) is 23.2. The molecule has 1 saturated carbocycles. The van der Waals surface area contributed by atoms with Crippen LogP contribution in [0.1, 0.15) is 31.2 Å². The number of pyridine rings is 1. The Hall–Kier alpha value is -4.07. The van der Waals surface area contributed by atoms with Crippen LogP contribution in [0.4, 0.5) is 14.6 Å². The summed E-state index contributed by atoms with van der Waals surface area (Å²) in [4.78, 5) is 18.2. The minimum absolute atomic E-state index is 0.0303. The van der Waals surface area contributed by atoms with Crippen LogP contribution < -0.4 is 9.64 Å². The number of rotatable bonds is 7. The molecule has 1 N–H and O–H groups in total. The first-order valence-corrected chi connectivity index (χ1v) is 14.4. The van der Waals surface area contributed by atoms with E-state index in [1.165, 1.54) is 43.3 Å². The number of phenolic OH excluding ortho intramolecular Hbond substituents is 1. The van der Waals surface area contributed by atoms with Gasteiger partial charge >= 0.3 is 6.01 Å². The summed E-state index contributed by atoms with van der Waals surface area (Å²) in [6, 6.07) is 5.62. The van der Waals surface area contributed by atoms with Crippen LogP contribution in [-0.4, -0.2) is 77.5 Å². The monoisotopic (exact) mass is 571 g/mol. The van der Waals surface area contributed by atoms with Crippen LogP contribution in [0, 0.1) is 29.4 Å². The van der Waals surface area contributed by atoms with E-state index in [0.717, 1.165) is 32.5 Å². The van der Waals surface area contributed by atoms with Crippen LogP contribution in [0.2, 0.25) is 0 Å². The van der Waals surface area contributed by atoms with Crippen LogP contribution in [-0.2, 0) is 4.74 Å². The van der Waals surface area contributed by atoms with Gasteiger partial charge in [0.05, 0.1) is 30.8 Å². The third-order valence-electron chi connectivity index (χ3n) is 8.63. The quantitative estimate of drug-likeness (QED) is 0.314. The Morgan fingerprint density at radius 2 is 1.86 bits per heavy atom. The lowest BCUT2D eigenvalue weighted by Crippen LogP contribution is -2.37. The molecule has 1 aliphatic carbocycles. The van der Waals surface area contributed by atoms with Crippen molar-refractivity contribution in [2.75, 3.05) is 57.4 Å².